The van der Waals surface area contributed by atoms with E-state index < -0.39 is 9.83 Å². The summed E-state index contributed by atoms with van der Waals surface area (Å²) in [6.07, 6.45) is 3.66. The normalized spacial score (nSPS) is 16.1. The third kappa shape index (κ3) is 5.86. The van der Waals surface area contributed by atoms with Gasteiger partial charge in [0.1, 0.15) is 5.69 Å². The summed E-state index contributed by atoms with van der Waals surface area (Å²) >= 11 is 8.07. The summed E-state index contributed by atoms with van der Waals surface area (Å²) in [5.74, 6) is -0.692. The van der Waals surface area contributed by atoms with Crippen LogP contribution >= 0.6 is 34.2 Å². The number of imidazole rings is 1. The van der Waals surface area contributed by atoms with Crippen LogP contribution in [0.5, 0.6) is 6.01 Å². The van der Waals surface area contributed by atoms with E-state index >= 15 is 0 Å². The van der Waals surface area contributed by atoms with Crippen molar-refractivity contribution in [1.82, 2.24) is 14.5 Å². The zero-order valence-corrected chi connectivity index (χ0v) is 20.8. The zero-order chi connectivity index (χ0) is 23.1. The van der Waals surface area contributed by atoms with Crippen molar-refractivity contribution in [2.24, 2.45) is 5.18 Å². The molecule has 0 saturated heterocycles. The second-order valence-electron chi connectivity index (χ2n) is 7.63. The Kier molecular flexibility index (Phi) is 9.03. The van der Waals surface area contributed by atoms with Crippen LogP contribution in [0.3, 0.4) is 0 Å². The number of carbonyl (C=O) groups is 2. The molecule has 1 aliphatic rings. The lowest BCUT2D eigenvalue weighted by Gasteiger charge is -2.21. The highest BCUT2D eigenvalue weighted by Crippen LogP contribution is 2.29. The first-order chi connectivity index (χ1) is 15.5. The van der Waals surface area contributed by atoms with Crippen LogP contribution in [0.1, 0.15) is 54.4 Å². The molecule has 2 aromatic rings. The van der Waals surface area contributed by atoms with Gasteiger partial charge in [-0.25, -0.2) is 0 Å². The lowest BCUT2D eigenvalue weighted by Crippen LogP contribution is -2.41. The molecule has 0 aliphatic carbocycles. The number of alkyl halides is 1. The Morgan fingerprint density at radius 3 is 2.66 bits per heavy atom. The van der Waals surface area contributed by atoms with E-state index in [2.05, 4.69) is 17.1 Å². The fraction of sp³-hybridized carbons (Fsp3) is 0.500. The van der Waals surface area contributed by atoms with Crippen LogP contribution in [-0.2, 0) is 17.8 Å². The van der Waals surface area contributed by atoms with Crippen LogP contribution in [0.25, 0.3) is 0 Å². The molecule has 0 N–H and O–H groups in total. The number of halogens is 2. The number of imide groups is 1. The molecular formula is C22H26ClIN4O4. The zero-order valence-electron chi connectivity index (χ0n) is 17.9. The fourth-order valence-electron chi connectivity index (χ4n) is 3.57. The lowest BCUT2D eigenvalue weighted by atomic mass is 10.2. The fourth-order valence-corrected chi connectivity index (χ4v) is 4.44. The number of rotatable bonds is 11. The topological polar surface area (TPSA) is 93.9 Å². The van der Waals surface area contributed by atoms with Gasteiger partial charge < -0.3 is 4.74 Å². The second kappa shape index (κ2) is 11.7. The number of aromatic nitrogens is 2. The summed E-state index contributed by atoms with van der Waals surface area (Å²) in [5.41, 5.74) is 1.84. The molecule has 1 aliphatic heterocycles. The van der Waals surface area contributed by atoms with Gasteiger partial charge in [0.2, 0.25) is 5.91 Å². The van der Waals surface area contributed by atoms with Gasteiger partial charge in [0.25, 0.3) is 11.9 Å². The van der Waals surface area contributed by atoms with Crippen molar-refractivity contribution in [2.75, 3.05) is 19.7 Å². The highest BCUT2D eigenvalue weighted by molar-refractivity contribution is 14.1. The van der Waals surface area contributed by atoms with Crippen molar-refractivity contribution >= 4 is 46.0 Å². The number of nitrogens with zero attached hydrogens (tertiary/aromatic N) is 4. The van der Waals surface area contributed by atoms with E-state index in [0.29, 0.717) is 48.4 Å². The molecule has 8 nitrogen and oxygen atoms in total. The van der Waals surface area contributed by atoms with E-state index in [1.54, 1.807) is 16.7 Å². The molecule has 172 valence electrons. The third-order valence-electron chi connectivity index (χ3n) is 5.22. The molecule has 1 aromatic carbocycles. The Morgan fingerprint density at radius 1 is 1.22 bits per heavy atom. The molecule has 0 saturated carbocycles. The van der Waals surface area contributed by atoms with E-state index in [9.17, 15) is 14.5 Å². The SMILES string of the molecule is CCCCCOc1nc2c(n1Cc1ccc(Cl)cc1)C(=O)N(CCCN=O)C(=O)C(I)C2. The van der Waals surface area contributed by atoms with Gasteiger partial charge in [-0.15, -0.1) is 0 Å². The minimum absolute atomic E-state index is 0.0473. The van der Waals surface area contributed by atoms with Gasteiger partial charge in [0.05, 0.1) is 29.3 Å². The molecule has 32 heavy (non-hydrogen) atoms. The number of fused-ring (bicyclic) bond motifs is 1. The summed E-state index contributed by atoms with van der Waals surface area (Å²) in [6, 6.07) is 7.73. The number of nitroso groups, excluding NO2 is 1. The highest BCUT2D eigenvalue weighted by atomic mass is 127. The van der Waals surface area contributed by atoms with Crippen molar-refractivity contribution in [3.8, 4) is 6.01 Å². The van der Waals surface area contributed by atoms with E-state index in [1.807, 2.05) is 34.7 Å². The molecule has 1 unspecified atom stereocenters. The number of unbranched alkanes of at least 4 members (excludes halogenated alkanes) is 2. The maximum Gasteiger partial charge on any atom is 0.297 e. The molecular weight excluding hydrogens is 547 g/mol. The van der Waals surface area contributed by atoms with E-state index in [0.717, 1.165) is 24.8 Å². The first-order valence-corrected chi connectivity index (χ1v) is 12.3. The number of ether oxygens (including phenoxy) is 1. The molecule has 0 radical (unpaired) electrons. The first-order valence-electron chi connectivity index (χ1n) is 10.7. The van der Waals surface area contributed by atoms with Gasteiger partial charge in [0, 0.05) is 18.0 Å². The van der Waals surface area contributed by atoms with Gasteiger partial charge >= 0.3 is 0 Å². The summed E-state index contributed by atoms with van der Waals surface area (Å²) in [7, 11) is 0. The molecule has 3 rings (SSSR count). The highest BCUT2D eigenvalue weighted by Gasteiger charge is 2.38. The van der Waals surface area contributed by atoms with Gasteiger partial charge in [-0.1, -0.05) is 71.3 Å². The van der Waals surface area contributed by atoms with Crippen molar-refractivity contribution in [3.05, 3.63) is 51.1 Å². The van der Waals surface area contributed by atoms with Crippen molar-refractivity contribution in [2.45, 2.75) is 49.5 Å². The maximum atomic E-state index is 13.5. The van der Waals surface area contributed by atoms with Crippen LogP contribution in [-0.4, -0.2) is 49.9 Å². The van der Waals surface area contributed by atoms with Crippen LogP contribution < -0.4 is 4.74 Å². The summed E-state index contributed by atoms with van der Waals surface area (Å²) < 4.78 is 7.30. The molecule has 1 atom stereocenters. The van der Waals surface area contributed by atoms with Gasteiger partial charge in [0.15, 0.2) is 0 Å². The Hall–Kier alpha value is -2.01. The van der Waals surface area contributed by atoms with Crippen molar-refractivity contribution in [3.63, 3.8) is 0 Å². The van der Waals surface area contributed by atoms with Crippen LogP contribution in [0, 0.1) is 4.91 Å². The van der Waals surface area contributed by atoms with Crippen LogP contribution in [0.4, 0.5) is 0 Å². The largest absolute Gasteiger partial charge is 0.465 e. The molecule has 0 fully saturated rings. The lowest BCUT2D eigenvalue weighted by molar-refractivity contribution is -0.127. The summed E-state index contributed by atoms with van der Waals surface area (Å²) in [5, 5.41) is 3.46. The summed E-state index contributed by atoms with van der Waals surface area (Å²) in [6.45, 7) is 3.17. The third-order valence-corrected chi connectivity index (χ3v) is 6.45. The second-order valence-corrected chi connectivity index (χ2v) is 9.57. The average molecular weight is 573 g/mol. The Morgan fingerprint density at radius 2 is 1.97 bits per heavy atom. The minimum Gasteiger partial charge on any atom is -0.465 e. The number of hydrogen-bond donors (Lipinski definition) is 0. The molecule has 10 heteroatoms. The Bertz CT molecular complexity index is 964. The predicted octanol–water partition coefficient (Wildman–Crippen LogP) is 4.64. The smallest absolute Gasteiger partial charge is 0.297 e. The molecule has 2 amide bonds. The van der Waals surface area contributed by atoms with E-state index in [-0.39, 0.29) is 19.0 Å². The van der Waals surface area contributed by atoms with Gasteiger partial charge in [-0.05, 0) is 30.5 Å². The quantitative estimate of drug-likeness (QED) is 0.129. The standard InChI is InChI=1S/C22H26ClIN4O4/c1-2-3-4-12-32-22-26-18-13-17(24)20(29)27(11-5-10-25-31)21(30)19(18)28(22)14-15-6-8-16(23)9-7-15/h6-9,17H,2-5,10-14H2,1H3. The monoisotopic (exact) mass is 572 g/mol. The Labute approximate surface area is 205 Å². The predicted molar refractivity (Wildman–Crippen MR) is 131 cm³/mol. The van der Waals surface area contributed by atoms with Gasteiger partial charge in [-0.3, -0.25) is 19.1 Å². The van der Waals surface area contributed by atoms with E-state index in [4.69, 9.17) is 16.3 Å². The van der Waals surface area contributed by atoms with E-state index in [1.165, 1.54) is 4.90 Å². The molecule has 2 heterocycles. The van der Waals surface area contributed by atoms with Crippen LogP contribution in [0.2, 0.25) is 5.02 Å². The molecule has 0 spiro atoms. The molecule has 0 bridgehead atoms. The average Bonchev–Trinajstić information content (AvgIpc) is 3.07. The Balaban J connectivity index is 1.99. The number of benzene rings is 1. The molecule has 1 aromatic heterocycles. The maximum absolute atomic E-state index is 13.5. The summed E-state index contributed by atoms with van der Waals surface area (Å²) in [4.78, 5) is 42.7. The first kappa shape index (κ1) is 24.6. The minimum atomic E-state index is -0.436. The van der Waals surface area contributed by atoms with Crippen molar-refractivity contribution in [1.29, 1.82) is 0 Å². The van der Waals surface area contributed by atoms with Gasteiger partial charge in [-0.2, -0.15) is 9.89 Å². The number of amides is 2. The number of hydrogen-bond acceptors (Lipinski definition) is 6. The van der Waals surface area contributed by atoms with Crippen LogP contribution in [0.15, 0.2) is 29.4 Å². The number of carbonyl (C=O) groups excluding carboxylic acids is 2. The van der Waals surface area contributed by atoms with Crippen molar-refractivity contribution < 1.29 is 14.3 Å².